The van der Waals surface area contributed by atoms with Gasteiger partial charge in [-0.05, 0) is 55.1 Å². The molecule has 1 aromatic carbocycles. The van der Waals surface area contributed by atoms with Gasteiger partial charge in [-0.2, -0.15) is 5.10 Å². The van der Waals surface area contributed by atoms with Gasteiger partial charge in [0, 0.05) is 35.4 Å². The van der Waals surface area contributed by atoms with Crippen LogP contribution >= 0.6 is 11.3 Å². The number of hydrogen-bond acceptors (Lipinski definition) is 4. The summed E-state index contributed by atoms with van der Waals surface area (Å²) >= 11 is 1.73. The third-order valence-corrected chi connectivity index (χ3v) is 6.65. The predicted octanol–water partition coefficient (Wildman–Crippen LogP) is 3.13. The highest BCUT2D eigenvalue weighted by atomic mass is 32.1. The van der Waals surface area contributed by atoms with Gasteiger partial charge < -0.3 is 4.90 Å². The average Bonchev–Trinajstić information content (AvgIpc) is 3.35. The van der Waals surface area contributed by atoms with Crippen molar-refractivity contribution in [3.8, 4) is 10.4 Å². The summed E-state index contributed by atoms with van der Waals surface area (Å²) in [5.74, 6) is 0.0614. The highest BCUT2D eigenvalue weighted by Gasteiger charge is 2.44. The van der Waals surface area contributed by atoms with Gasteiger partial charge in [0.2, 0.25) is 0 Å². The highest BCUT2D eigenvalue weighted by molar-refractivity contribution is 7.13. The zero-order valence-electron chi connectivity index (χ0n) is 14.3. The van der Waals surface area contributed by atoms with Crippen LogP contribution in [0.3, 0.4) is 0 Å². The van der Waals surface area contributed by atoms with Crippen LogP contribution in [-0.2, 0) is 0 Å². The molecule has 0 saturated carbocycles. The summed E-state index contributed by atoms with van der Waals surface area (Å²) in [6, 6.07) is 9.22. The number of aryl methyl sites for hydroxylation is 1. The van der Waals surface area contributed by atoms with Gasteiger partial charge in [0.25, 0.3) is 5.91 Å². The van der Waals surface area contributed by atoms with Gasteiger partial charge >= 0.3 is 0 Å². The minimum Gasteiger partial charge on any atom is -0.331 e. The standard InChI is InChI=1S/C19H20N4OS/c1-11-5-17(25-10-11)12-3-4-16-15(6-12)18(21-20-16)19(24)23-9-13-7-14(23)8-22(13)2/h3-6,10,13-14H,7-9H2,1-2H3,(H,20,21)/t13-,14-/m0/s1. The molecule has 25 heavy (non-hydrogen) atoms. The molecule has 2 fully saturated rings. The molecule has 1 amide bonds. The third-order valence-electron chi connectivity index (χ3n) is 5.56. The van der Waals surface area contributed by atoms with E-state index in [2.05, 4.69) is 52.6 Å². The Balaban J connectivity index is 1.52. The fourth-order valence-electron chi connectivity index (χ4n) is 4.16. The molecule has 0 aliphatic carbocycles. The van der Waals surface area contributed by atoms with Gasteiger partial charge in [0.15, 0.2) is 5.69 Å². The molecular formula is C19H20N4OS. The zero-order valence-corrected chi connectivity index (χ0v) is 15.1. The summed E-state index contributed by atoms with van der Waals surface area (Å²) < 4.78 is 0. The van der Waals surface area contributed by atoms with Crippen LogP contribution in [0.1, 0.15) is 22.5 Å². The van der Waals surface area contributed by atoms with Crippen LogP contribution in [0.2, 0.25) is 0 Å². The summed E-state index contributed by atoms with van der Waals surface area (Å²) in [6.45, 7) is 3.89. The number of nitrogens with one attached hydrogen (secondary N) is 1. The second-order valence-electron chi connectivity index (χ2n) is 7.26. The van der Waals surface area contributed by atoms with E-state index in [4.69, 9.17) is 0 Å². The lowest BCUT2D eigenvalue weighted by molar-refractivity contribution is 0.0646. The van der Waals surface area contributed by atoms with Crippen molar-refractivity contribution < 1.29 is 4.79 Å². The van der Waals surface area contributed by atoms with Gasteiger partial charge in [-0.1, -0.05) is 6.07 Å². The normalized spacial score (nSPS) is 23.0. The molecule has 5 rings (SSSR count). The summed E-state index contributed by atoms with van der Waals surface area (Å²) in [5, 5.41) is 10.5. The number of nitrogens with zero attached hydrogens (tertiary/aromatic N) is 3. The number of carbonyl (C=O) groups excluding carboxylic acids is 1. The lowest BCUT2D eigenvalue weighted by Crippen LogP contribution is -2.47. The SMILES string of the molecule is Cc1csc(-c2ccc3[nH]nc(C(=O)N4C[C@@H]5C[C@H]4CN5C)c3c2)c1. The number of hydrogen-bond donors (Lipinski definition) is 1. The van der Waals surface area contributed by atoms with Crippen LogP contribution in [0, 0.1) is 6.92 Å². The number of aromatic amines is 1. The van der Waals surface area contributed by atoms with E-state index in [0.29, 0.717) is 17.8 Å². The van der Waals surface area contributed by atoms with Crippen LogP contribution < -0.4 is 0 Å². The monoisotopic (exact) mass is 352 g/mol. The van der Waals surface area contributed by atoms with Crippen molar-refractivity contribution in [2.75, 3.05) is 20.1 Å². The number of H-pyrrole nitrogens is 1. The maximum Gasteiger partial charge on any atom is 0.275 e. The maximum absolute atomic E-state index is 13.1. The number of benzene rings is 1. The summed E-state index contributed by atoms with van der Waals surface area (Å²) in [5.41, 5.74) is 3.88. The molecule has 2 aromatic heterocycles. The molecule has 2 bridgehead atoms. The molecule has 2 atom stereocenters. The molecule has 2 saturated heterocycles. The third kappa shape index (κ3) is 2.32. The van der Waals surface area contributed by atoms with Crippen LogP contribution in [-0.4, -0.2) is 58.1 Å². The fraction of sp³-hybridized carbons (Fsp3) is 0.368. The molecule has 0 unspecified atom stereocenters. The number of amides is 1. The molecule has 1 N–H and O–H groups in total. The van der Waals surface area contributed by atoms with E-state index in [1.54, 1.807) is 11.3 Å². The Morgan fingerprint density at radius 1 is 1.28 bits per heavy atom. The largest absolute Gasteiger partial charge is 0.331 e. The van der Waals surface area contributed by atoms with Gasteiger partial charge in [-0.25, -0.2) is 0 Å². The van der Waals surface area contributed by atoms with Crippen molar-refractivity contribution >= 4 is 28.1 Å². The topological polar surface area (TPSA) is 52.2 Å². The minimum absolute atomic E-state index is 0.0614. The first kappa shape index (κ1) is 15.1. The first-order chi connectivity index (χ1) is 12.1. The van der Waals surface area contributed by atoms with Gasteiger partial charge in [-0.3, -0.25) is 14.8 Å². The Labute approximate surface area is 150 Å². The number of fused-ring (bicyclic) bond motifs is 3. The quantitative estimate of drug-likeness (QED) is 0.771. The maximum atomic E-state index is 13.1. The molecule has 5 nitrogen and oxygen atoms in total. The average molecular weight is 352 g/mol. The molecule has 2 aliphatic heterocycles. The molecule has 0 radical (unpaired) electrons. The van der Waals surface area contributed by atoms with Gasteiger partial charge in [0.05, 0.1) is 5.52 Å². The first-order valence-corrected chi connectivity index (χ1v) is 9.53. The Morgan fingerprint density at radius 3 is 2.84 bits per heavy atom. The van der Waals surface area contributed by atoms with Crippen LogP contribution in [0.15, 0.2) is 29.6 Å². The predicted molar refractivity (Wildman–Crippen MR) is 100 cm³/mol. The van der Waals surface area contributed by atoms with Crippen molar-refractivity contribution in [2.24, 2.45) is 0 Å². The van der Waals surface area contributed by atoms with E-state index in [1.165, 1.54) is 10.4 Å². The van der Waals surface area contributed by atoms with E-state index < -0.39 is 0 Å². The number of rotatable bonds is 2. The molecule has 6 heteroatoms. The second-order valence-corrected chi connectivity index (χ2v) is 8.17. The Kier molecular flexibility index (Phi) is 3.27. The molecular weight excluding hydrogens is 332 g/mol. The molecule has 2 aliphatic rings. The number of thiophene rings is 1. The second kappa shape index (κ2) is 5.41. The number of likely N-dealkylation sites (tertiary alicyclic amines) is 2. The molecule has 0 spiro atoms. The van der Waals surface area contributed by atoms with Crippen LogP contribution in [0.25, 0.3) is 21.3 Å². The van der Waals surface area contributed by atoms with E-state index in [-0.39, 0.29) is 5.91 Å². The van der Waals surface area contributed by atoms with Crippen molar-refractivity contribution in [3.05, 3.63) is 40.9 Å². The van der Waals surface area contributed by atoms with Crippen LogP contribution in [0.5, 0.6) is 0 Å². The number of likely N-dealkylation sites (N-methyl/N-ethyl adjacent to an activating group) is 1. The van der Waals surface area contributed by atoms with Gasteiger partial charge in [0.1, 0.15) is 0 Å². The smallest absolute Gasteiger partial charge is 0.275 e. The Bertz CT molecular complexity index is 973. The van der Waals surface area contributed by atoms with Crippen molar-refractivity contribution in [2.45, 2.75) is 25.4 Å². The molecule has 4 heterocycles. The van der Waals surface area contributed by atoms with Crippen LogP contribution in [0.4, 0.5) is 0 Å². The summed E-state index contributed by atoms with van der Waals surface area (Å²) in [6.07, 6.45) is 1.09. The first-order valence-electron chi connectivity index (χ1n) is 8.65. The van der Waals surface area contributed by atoms with E-state index in [9.17, 15) is 4.79 Å². The van der Waals surface area contributed by atoms with E-state index >= 15 is 0 Å². The molecule has 128 valence electrons. The van der Waals surface area contributed by atoms with Crippen molar-refractivity contribution in [1.29, 1.82) is 0 Å². The summed E-state index contributed by atoms with van der Waals surface area (Å²) in [4.78, 5) is 18.7. The zero-order chi connectivity index (χ0) is 17.1. The summed E-state index contributed by atoms with van der Waals surface area (Å²) in [7, 11) is 2.14. The number of piperazine rings is 1. The fourth-order valence-corrected chi connectivity index (χ4v) is 5.06. The number of carbonyl (C=O) groups is 1. The van der Waals surface area contributed by atoms with Crippen molar-refractivity contribution in [1.82, 2.24) is 20.0 Å². The lowest BCUT2D eigenvalue weighted by atomic mass is 10.1. The Morgan fingerprint density at radius 2 is 2.16 bits per heavy atom. The Hall–Kier alpha value is -2.18. The highest BCUT2D eigenvalue weighted by Crippen LogP contribution is 2.33. The van der Waals surface area contributed by atoms with Gasteiger partial charge in [-0.15, -0.1) is 11.3 Å². The minimum atomic E-state index is 0.0614. The van der Waals surface area contributed by atoms with E-state index in [1.807, 2.05) is 11.0 Å². The lowest BCUT2D eigenvalue weighted by Gasteiger charge is -2.31. The van der Waals surface area contributed by atoms with E-state index in [0.717, 1.165) is 36.0 Å². The molecule has 3 aromatic rings. The number of aromatic nitrogens is 2. The van der Waals surface area contributed by atoms with Crippen molar-refractivity contribution in [3.63, 3.8) is 0 Å².